The summed E-state index contributed by atoms with van der Waals surface area (Å²) in [5, 5.41) is 3.55. The normalized spacial score (nSPS) is 12.2. The molecule has 0 spiro atoms. The van der Waals surface area contributed by atoms with E-state index in [1.165, 1.54) is 13.8 Å². The minimum Gasteiger partial charge on any atom is -0.491 e. The van der Waals surface area contributed by atoms with Crippen LogP contribution in [0, 0.1) is 13.8 Å². The van der Waals surface area contributed by atoms with Gasteiger partial charge in [-0.2, -0.15) is 13.2 Å². The van der Waals surface area contributed by atoms with Crippen LogP contribution in [0.15, 0.2) is 27.6 Å². The summed E-state index contributed by atoms with van der Waals surface area (Å²) in [6.45, 7) is 4.87. The van der Waals surface area contributed by atoms with Crippen molar-refractivity contribution in [2.24, 2.45) is 0 Å². The van der Waals surface area contributed by atoms with Gasteiger partial charge in [0.1, 0.15) is 11.4 Å². The van der Waals surface area contributed by atoms with Gasteiger partial charge in [0, 0.05) is 0 Å². The van der Waals surface area contributed by atoms with Crippen molar-refractivity contribution in [3.63, 3.8) is 0 Å². The molecule has 0 aliphatic rings. The zero-order valence-electron chi connectivity index (χ0n) is 13.8. The molecule has 0 amide bonds. The number of alkyl halides is 3. The first-order chi connectivity index (χ1) is 11.6. The molecule has 1 aromatic heterocycles. The molecule has 0 atom stereocenters. The van der Waals surface area contributed by atoms with Crippen LogP contribution in [0.1, 0.15) is 30.4 Å². The van der Waals surface area contributed by atoms with Crippen molar-refractivity contribution in [1.82, 2.24) is 5.16 Å². The highest BCUT2D eigenvalue weighted by Gasteiger charge is 2.32. The van der Waals surface area contributed by atoms with Crippen molar-refractivity contribution in [1.29, 1.82) is 0 Å². The summed E-state index contributed by atoms with van der Waals surface area (Å²) in [7, 11) is -4.19. The molecule has 0 unspecified atom stereocenters. The largest absolute Gasteiger partial charge is 0.491 e. The zero-order valence-corrected chi connectivity index (χ0v) is 14.6. The summed E-state index contributed by atoms with van der Waals surface area (Å²) in [6.07, 6.45) is -4.01. The molecule has 25 heavy (non-hydrogen) atoms. The first-order valence-electron chi connectivity index (χ1n) is 7.36. The van der Waals surface area contributed by atoms with Crippen molar-refractivity contribution in [2.45, 2.75) is 38.3 Å². The molecule has 1 aromatic carbocycles. The molecular weight excluding hydrogens is 361 g/mol. The maximum atomic E-state index is 12.9. The highest BCUT2D eigenvalue weighted by Crippen LogP contribution is 2.36. The smallest absolute Gasteiger partial charge is 0.416 e. The van der Waals surface area contributed by atoms with Gasteiger partial charge in [-0.25, -0.2) is 8.42 Å². The number of anilines is 1. The third-order valence-electron chi connectivity index (χ3n) is 3.25. The summed E-state index contributed by atoms with van der Waals surface area (Å²) in [4.78, 5) is -0.216. The van der Waals surface area contributed by atoms with Crippen LogP contribution in [0.3, 0.4) is 0 Å². The van der Waals surface area contributed by atoms with E-state index >= 15 is 0 Å². The van der Waals surface area contributed by atoms with E-state index in [4.69, 9.17) is 9.26 Å². The van der Waals surface area contributed by atoms with Crippen LogP contribution < -0.4 is 9.46 Å². The van der Waals surface area contributed by atoms with E-state index in [0.717, 1.165) is 12.1 Å². The summed E-state index contributed by atoms with van der Waals surface area (Å²) in [5.41, 5.74) is -1.19. The molecule has 10 heteroatoms. The Balaban J connectivity index is 2.48. The minimum absolute atomic E-state index is 0.00480. The van der Waals surface area contributed by atoms with Gasteiger partial charge in [0.25, 0.3) is 10.0 Å². The molecule has 0 aliphatic carbocycles. The zero-order chi connectivity index (χ0) is 18.8. The SMILES string of the molecule is CCCOc1ccc(C(F)(F)F)cc1NS(=O)(=O)c1c(C)noc1C. The second-order valence-corrected chi connectivity index (χ2v) is 6.94. The Morgan fingerprint density at radius 3 is 2.48 bits per heavy atom. The number of halogens is 3. The van der Waals surface area contributed by atoms with Gasteiger partial charge in [-0.15, -0.1) is 0 Å². The van der Waals surface area contributed by atoms with E-state index in [9.17, 15) is 21.6 Å². The highest BCUT2D eigenvalue weighted by molar-refractivity contribution is 7.92. The molecule has 0 radical (unpaired) electrons. The Morgan fingerprint density at radius 2 is 1.96 bits per heavy atom. The third kappa shape index (κ3) is 4.25. The Labute approximate surface area is 143 Å². The lowest BCUT2D eigenvalue weighted by Gasteiger charge is -2.16. The van der Waals surface area contributed by atoms with E-state index in [0.29, 0.717) is 12.5 Å². The number of benzene rings is 1. The van der Waals surface area contributed by atoms with Gasteiger partial charge in [0.05, 0.1) is 17.9 Å². The Kier molecular flexibility index (Phi) is 5.31. The van der Waals surface area contributed by atoms with Gasteiger partial charge in [-0.05, 0) is 38.5 Å². The third-order valence-corrected chi connectivity index (χ3v) is 4.86. The molecule has 2 rings (SSSR count). The average Bonchev–Trinajstić information content (AvgIpc) is 2.84. The fourth-order valence-corrected chi connectivity index (χ4v) is 3.57. The molecule has 1 N–H and O–H groups in total. The molecule has 0 saturated carbocycles. The molecule has 0 fully saturated rings. The first kappa shape index (κ1) is 19.1. The van der Waals surface area contributed by atoms with Crippen LogP contribution in [-0.2, 0) is 16.2 Å². The second kappa shape index (κ2) is 6.95. The highest BCUT2D eigenvalue weighted by atomic mass is 32.2. The molecule has 0 saturated heterocycles. The maximum absolute atomic E-state index is 12.9. The first-order valence-corrected chi connectivity index (χ1v) is 8.84. The molecule has 0 bridgehead atoms. The van der Waals surface area contributed by atoms with Gasteiger partial charge in [-0.3, -0.25) is 4.72 Å². The molecule has 6 nitrogen and oxygen atoms in total. The maximum Gasteiger partial charge on any atom is 0.416 e. The van der Waals surface area contributed by atoms with Crippen LogP contribution in [0.4, 0.5) is 18.9 Å². The Bertz CT molecular complexity index is 841. The lowest BCUT2D eigenvalue weighted by atomic mass is 10.2. The number of aromatic nitrogens is 1. The van der Waals surface area contributed by atoms with Crippen molar-refractivity contribution < 1.29 is 30.8 Å². The van der Waals surface area contributed by atoms with Crippen LogP contribution in [-0.4, -0.2) is 20.2 Å². The number of nitrogens with one attached hydrogen (secondary N) is 1. The summed E-state index contributed by atoms with van der Waals surface area (Å²) < 4.78 is 76.2. The number of sulfonamides is 1. The number of aryl methyl sites for hydroxylation is 2. The summed E-state index contributed by atoms with van der Waals surface area (Å²) >= 11 is 0. The van der Waals surface area contributed by atoms with Gasteiger partial charge in [0.2, 0.25) is 0 Å². The van der Waals surface area contributed by atoms with Crippen molar-refractivity contribution in [2.75, 3.05) is 11.3 Å². The molecule has 0 aliphatic heterocycles. The van der Waals surface area contributed by atoms with Crippen molar-refractivity contribution >= 4 is 15.7 Å². The number of ether oxygens (including phenoxy) is 1. The van der Waals surface area contributed by atoms with Crippen LogP contribution in [0.2, 0.25) is 0 Å². The fourth-order valence-electron chi connectivity index (χ4n) is 2.18. The van der Waals surface area contributed by atoms with E-state index in [-0.39, 0.29) is 34.4 Å². The molecule has 2 aromatic rings. The fraction of sp³-hybridized carbons (Fsp3) is 0.400. The molecular formula is C15H17F3N2O4S. The standard InChI is InChI=1S/C15H17F3N2O4S/c1-4-7-23-13-6-5-11(15(16,17)18)8-12(13)20-25(21,22)14-9(2)19-24-10(14)3/h5-6,8,20H,4,7H2,1-3H3. The average molecular weight is 378 g/mol. The van der Waals surface area contributed by atoms with E-state index in [1.807, 2.05) is 6.92 Å². The second-order valence-electron chi connectivity index (χ2n) is 5.32. The lowest BCUT2D eigenvalue weighted by molar-refractivity contribution is -0.137. The molecule has 1 heterocycles. The van der Waals surface area contributed by atoms with Crippen LogP contribution in [0.5, 0.6) is 5.75 Å². The summed E-state index contributed by atoms with van der Waals surface area (Å²) in [6, 6.07) is 2.61. The quantitative estimate of drug-likeness (QED) is 0.824. The monoisotopic (exact) mass is 378 g/mol. The van der Waals surface area contributed by atoms with Crippen molar-refractivity contribution in [3.8, 4) is 5.75 Å². The van der Waals surface area contributed by atoms with Crippen LogP contribution in [0.25, 0.3) is 0 Å². The van der Waals surface area contributed by atoms with Crippen molar-refractivity contribution in [3.05, 3.63) is 35.2 Å². The number of nitrogens with zero attached hydrogens (tertiary/aromatic N) is 1. The van der Waals surface area contributed by atoms with Gasteiger partial charge < -0.3 is 9.26 Å². The predicted octanol–water partition coefficient (Wildman–Crippen LogP) is 3.90. The topological polar surface area (TPSA) is 81.4 Å². The van der Waals surface area contributed by atoms with E-state index in [2.05, 4.69) is 9.88 Å². The Hall–Kier alpha value is -2.23. The lowest BCUT2D eigenvalue weighted by Crippen LogP contribution is -2.16. The number of rotatable bonds is 6. The van der Waals surface area contributed by atoms with Gasteiger partial charge >= 0.3 is 6.18 Å². The van der Waals surface area contributed by atoms with Gasteiger partial charge in [-0.1, -0.05) is 12.1 Å². The Morgan fingerprint density at radius 1 is 1.28 bits per heavy atom. The van der Waals surface area contributed by atoms with Gasteiger partial charge in [0.15, 0.2) is 10.7 Å². The number of hydrogen-bond acceptors (Lipinski definition) is 5. The molecule has 138 valence electrons. The predicted molar refractivity (Wildman–Crippen MR) is 84.0 cm³/mol. The number of hydrogen-bond donors (Lipinski definition) is 1. The van der Waals surface area contributed by atoms with E-state index < -0.39 is 21.8 Å². The summed E-state index contributed by atoms with van der Waals surface area (Å²) in [5.74, 6) is 0.0400. The van der Waals surface area contributed by atoms with E-state index in [1.54, 1.807) is 0 Å². The minimum atomic E-state index is -4.62. The van der Waals surface area contributed by atoms with Crippen LogP contribution >= 0.6 is 0 Å².